The molecule has 6 nitrogen and oxygen atoms in total. The van der Waals surface area contributed by atoms with Crippen LogP contribution in [-0.4, -0.2) is 60.2 Å². The predicted molar refractivity (Wildman–Crippen MR) is 98.9 cm³/mol. The second kappa shape index (κ2) is 8.54. The number of nitrogens with one attached hydrogen (secondary N) is 1. The number of hydrogen-bond donors (Lipinski definition) is 1. The number of nitrogens with zero attached hydrogens (tertiary/aromatic N) is 2. The predicted octanol–water partition coefficient (Wildman–Crippen LogP) is 1.93. The van der Waals surface area contributed by atoms with Gasteiger partial charge in [-0.05, 0) is 49.9 Å². The van der Waals surface area contributed by atoms with E-state index in [1.54, 1.807) is 34.1 Å². The Morgan fingerprint density at radius 3 is 2.35 bits per heavy atom. The summed E-state index contributed by atoms with van der Waals surface area (Å²) >= 11 is 5.87. The van der Waals surface area contributed by atoms with Gasteiger partial charge in [0.2, 0.25) is 11.8 Å². The van der Waals surface area contributed by atoms with Crippen molar-refractivity contribution in [1.29, 1.82) is 0 Å². The lowest BCUT2D eigenvalue weighted by atomic mass is 9.96. The number of likely N-dealkylation sites (tertiary alicyclic amines) is 2. The van der Waals surface area contributed by atoms with Crippen LogP contribution in [0.15, 0.2) is 24.3 Å². The minimum Gasteiger partial charge on any atom is -0.347 e. The van der Waals surface area contributed by atoms with Crippen molar-refractivity contribution in [3.8, 4) is 0 Å². The van der Waals surface area contributed by atoms with E-state index in [1.165, 1.54) is 0 Å². The quantitative estimate of drug-likeness (QED) is 0.871. The fourth-order valence-electron chi connectivity index (χ4n) is 3.54. The Labute approximate surface area is 158 Å². The fraction of sp³-hybridized carbons (Fsp3) is 0.526. The van der Waals surface area contributed by atoms with Crippen molar-refractivity contribution < 1.29 is 14.4 Å². The van der Waals surface area contributed by atoms with Crippen molar-refractivity contribution in [2.75, 3.05) is 32.7 Å². The van der Waals surface area contributed by atoms with Crippen LogP contribution in [-0.2, 0) is 9.59 Å². The molecule has 2 saturated heterocycles. The van der Waals surface area contributed by atoms with E-state index in [0.717, 1.165) is 38.8 Å². The second-order valence-electron chi connectivity index (χ2n) is 6.90. The van der Waals surface area contributed by atoms with Gasteiger partial charge in [-0.15, -0.1) is 0 Å². The highest BCUT2D eigenvalue weighted by Gasteiger charge is 2.29. The van der Waals surface area contributed by atoms with Gasteiger partial charge in [-0.3, -0.25) is 14.4 Å². The largest absolute Gasteiger partial charge is 0.347 e. The van der Waals surface area contributed by atoms with Crippen LogP contribution < -0.4 is 5.32 Å². The number of benzene rings is 1. The summed E-state index contributed by atoms with van der Waals surface area (Å²) in [6.45, 7) is 2.62. The smallest absolute Gasteiger partial charge is 0.253 e. The van der Waals surface area contributed by atoms with Gasteiger partial charge >= 0.3 is 0 Å². The van der Waals surface area contributed by atoms with Gasteiger partial charge in [0.05, 0.1) is 12.5 Å². The van der Waals surface area contributed by atoms with Gasteiger partial charge in [0.15, 0.2) is 0 Å². The maximum atomic E-state index is 12.6. The van der Waals surface area contributed by atoms with Crippen LogP contribution in [0.4, 0.5) is 0 Å². The highest BCUT2D eigenvalue weighted by atomic mass is 35.5. The molecule has 7 heteroatoms. The van der Waals surface area contributed by atoms with Gasteiger partial charge in [0.25, 0.3) is 5.91 Å². The Morgan fingerprint density at radius 2 is 1.65 bits per heavy atom. The molecule has 3 amide bonds. The number of rotatable bonds is 4. The molecular formula is C19H24ClN3O3. The zero-order valence-electron chi connectivity index (χ0n) is 14.7. The number of hydrogen-bond acceptors (Lipinski definition) is 3. The third kappa shape index (κ3) is 4.55. The number of halogens is 1. The van der Waals surface area contributed by atoms with E-state index >= 15 is 0 Å². The molecule has 2 aliphatic rings. The van der Waals surface area contributed by atoms with Gasteiger partial charge in [-0.2, -0.15) is 0 Å². The summed E-state index contributed by atoms with van der Waals surface area (Å²) in [6.07, 6.45) is 3.57. The molecule has 0 aromatic heterocycles. The lowest BCUT2D eigenvalue weighted by Gasteiger charge is -2.32. The van der Waals surface area contributed by atoms with Crippen LogP contribution in [0.25, 0.3) is 0 Å². The third-order valence-electron chi connectivity index (χ3n) is 5.04. The summed E-state index contributed by atoms with van der Waals surface area (Å²) in [5.74, 6) is -0.536. The highest BCUT2D eigenvalue weighted by Crippen LogP contribution is 2.20. The molecule has 2 heterocycles. The lowest BCUT2D eigenvalue weighted by Crippen LogP contribution is -2.47. The summed E-state index contributed by atoms with van der Waals surface area (Å²) in [5.41, 5.74) is 0.569. The standard InChI is InChI=1S/C19H24ClN3O3/c20-16-7-5-14(6-8-16)19(26)23-11-3-4-15(13-23)18(25)21-12-17(24)22-9-1-2-10-22/h5-8,15H,1-4,9-13H2,(H,21,25). The zero-order chi connectivity index (χ0) is 18.5. The van der Waals surface area contributed by atoms with Crippen LogP contribution >= 0.6 is 11.6 Å². The van der Waals surface area contributed by atoms with Crippen molar-refractivity contribution >= 4 is 29.3 Å². The summed E-state index contributed by atoms with van der Waals surface area (Å²) in [4.78, 5) is 40.6. The summed E-state index contributed by atoms with van der Waals surface area (Å²) in [7, 11) is 0. The van der Waals surface area contributed by atoms with Gasteiger partial charge in [0, 0.05) is 36.8 Å². The SMILES string of the molecule is O=C(NCC(=O)N1CCCC1)C1CCCN(C(=O)c2ccc(Cl)cc2)C1. The first-order chi connectivity index (χ1) is 12.5. The molecule has 2 aliphatic heterocycles. The maximum absolute atomic E-state index is 12.6. The van der Waals surface area contributed by atoms with Gasteiger partial charge in [-0.25, -0.2) is 0 Å². The van der Waals surface area contributed by atoms with E-state index in [-0.39, 0.29) is 30.2 Å². The van der Waals surface area contributed by atoms with Gasteiger partial charge in [0.1, 0.15) is 0 Å². The van der Waals surface area contributed by atoms with Crippen LogP contribution in [0.3, 0.4) is 0 Å². The molecule has 0 radical (unpaired) electrons. The van der Waals surface area contributed by atoms with E-state index in [1.807, 2.05) is 0 Å². The van der Waals surface area contributed by atoms with Crippen molar-refractivity contribution in [1.82, 2.24) is 15.1 Å². The van der Waals surface area contributed by atoms with Crippen molar-refractivity contribution in [2.45, 2.75) is 25.7 Å². The summed E-state index contributed by atoms with van der Waals surface area (Å²) in [6, 6.07) is 6.77. The molecule has 0 bridgehead atoms. The molecule has 1 aromatic rings. The van der Waals surface area contributed by atoms with E-state index in [2.05, 4.69) is 5.32 Å². The number of carbonyl (C=O) groups is 3. The van der Waals surface area contributed by atoms with Crippen LogP contribution in [0.2, 0.25) is 5.02 Å². The monoisotopic (exact) mass is 377 g/mol. The van der Waals surface area contributed by atoms with Crippen LogP contribution in [0.5, 0.6) is 0 Å². The van der Waals surface area contributed by atoms with Gasteiger partial charge < -0.3 is 15.1 Å². The first kappa shape index (κ1) is 18.7. The molecule has 140 valence electrons. The number of carbonyl (C=O) groups excluding carboxylic acids is 3. The van der Waals surface area contributed by atoms with E-state index in [9.17, 15) is 14.4 Å². The zero-order valence-corrected chi connectivity index (χ0v) is 15.5. The Hall–Kier alpha value is -2.08. The molecule has 1 unspecified atom stereocenters. The second-order valence-corrected chi connectivity index (χ2v) is 7.34. The first-order valence-corrected chi connectivity index (χ1v) is 9.53. The normalized spacial score (nSPS) is 20.1. The summed E-state index contributed by atoms with van der Waals surface area (Å²) < 4.78 is 0. The first-order valence-electron chi connectivity index (χ1n) is 9.15. The average Bonchev–Trinajstić information content (AvgIpc) is 3.21. The minimum atomic E-state index is -0.272. The van der Waals surface area contributed by atoms with Crippen molar-refractivity contribution in [3.05, 3.63) is 34.9 Å². The Kier molecular flexibility index (Phi) is 6.14. The van der Waals surface area contributed by atoms with Crippen LogP contribution in [0.1, 0.15) is 36.0 Å². The average molecular weight is 378 g/mol. The van der Waals surface area contributed by atoms with E-state index in [0.29, 0.717) is 23.7 Å². The van der Waals surface area contributed by atoms with E-state index < -0.39 is 0 Å². The Balaban J connectivity index is 1.52. The number of amides is 3. The highest BCUT2D eigenvalue weighted by molar-refractivity contribution is 6.30. The van der Waals surface area contributed by atoms with E-state index in [4.69, 9.17) is 11.6 Å². The Morgan fingerprint density at radius 1 is 1.00 bits per heavy atom. The molecule has 0 spiro atoms. The third-order valence-corrected chi connectivity index (χ3v) is 5.30. The minimum absolute atomic E-state index is 0.0271. The molecular weight excluding hydrogens is 354 g/mol. The van der Waals surface area contributed by atoms with Crippen molar-refractivity contribution in [2.24, 2.45) is 5.92 Å². The maximum Gasteiger partial charge on any atom is 0.253 e. The molecule has 0 saturated carbocycles. The Bertz CT molecular complexity index is 671. The lowest BCUT2D eigenvalue weighted by molar-refractivity contribution is -0.133. The number of piperidine rings is 1. The molecule has 0 aliphatic carbocycles. The van der Waals surface area contributed by atoms with Crippen molar-refractivity contribution in [3.63, 3.8) is 0 Å². The van der Waals surface area contributed by atoms with Gasteiger partial charge in [-0.1, -0.05) is 11.6 Å². The van der Waals surface area contributed by atoms with Crippen LogP contribution in [0, 0.1) is 5.92 Å². The fourth-order valence-corrected chi connectivity index (χ4v) is 3.66. The molecule has 1 atom stereocenters. The molecule has 26 heavy (non-hydrogen) atoms. The molecule has 1 N–H and O–H groups in total. The molecule has 3 rings (SSSR count). The molecule has 1 aromatic carbocycles. The topological polar surface area (TPSA) is 69.7 Å². The molecule has 2 fully saturated rings. The summed E-state index contributed by atoms with van der Waals surface area (Å²) in [5, 5.41) is 3.33.